The van der Waals surface area contributed by atoms with E-state index in [1.54, 1.807) is 23.3 Å². The van der Waals surface area contributed by atoms with E-state index in [9.17, 15) is 4.79 Å². The van der Waals surface area contributed by atoms with Gasteiger partial charge < -0.3 is 5.11 Å². The number of aromatic carboxylic acids is 1. The van der Waals surface area contributed by atoms with Gasteiger partial charge in [0.15, 0.2) is 5.69 Å². The Morgan fingerprint density at radius 1 is 1.45 bits per heavy atom. The topological polar surface area (TPSA) is 97.0 Å². The predicted octanol–water partition coefficient (Wildman–Crippen LogP) is 0.384. The lowest BCUT2D eigenvalue weighted by atomic mass is 10.0. The molecule has 1 saturated heterocycles. The van der Waals surface area contributed by atoms with E-state index in [0.29, 0.717) is 0 Å². The summed E-state index contributed by atoms with van der Waals surface area (Å²) in [6.45, 7) is 3.66. The summed E-state index contributed by atoms with van der Waals surface area (Å²) >= 11 is 0. The number of hydrogen-bond acceptors (Lipinski definition) is 6. The van der Waals surface area contributed by atoms with E-state index in [-0.39, 0.29) is 17.8 Å². The maximum Gasteiger partial charge on any atom is 0.358 e. The van der Waals surface area contributed by atoms with Gasteiger partial charge in [-0.3, -0.25) is 14.9 Å². The molecule has 0 amide bonds. The zero-order valence-corrected chi connectivity index (χ0v) is 10.9. The molecule has 1 fully saturated rings. The van der Waals surface area contributed by atoms with Crippen LogP contribution in [0.2, 0.25) is 0 Å². The summed E-state index contributed by atoms with van der Waals surface area (Å²) in [6.07, 6.45) is 6.56. The van der Waals surface area contributed by atoms with Crippen molar-refractivity contribution in [2.24, 2.45) is 0 Å². The number of aromatic nitrogens is 5. The first kappa shape index (κ1) is 12.7. The van der Waals surface area contributed by atoms with Crippen molar-refractivity contribution >= 4 is 5.97 Å². The summed E-state index contributed by atoms with van der Waals surface area (Å²) < 4.78 is 1.61. The summed E-state index contributed by atoms with van der Waals surface area (Å²) in [5.41, 5.74) is 0.904. The second kappa shape index (κ2) is 4.97. The number of rotatable bonds is 4. The molecule has 1 aliphatic rings. The summed E-state index contributed by atoms with van der Waals surface area (Å²) in [5, 5.41) is 16.3. The van der Waals surface area contributed by atoms with Crippen LogP contribution in [0, 0.1) is 0 Å². The Hall–Kier alpha value is -2.35. The first-order chi connectivity index (χ1) is 9.65. The van der Waals surface area contributed by atoms with Crippen LogP contribution < -0.4 is 0 Å². The summed E-state index contributed by atoms with van der Waals surface area (Å²) in [5.74, 6) is -1.06. The number of carboxylic acids is 1. The molecule has 1 unspecified atom stereocenters. The fraction of sp³-hybridized carbons (Fsp3) is 0.417. The van der Waals surface area contributed by atoms with E-state index in [1.165, 1.54) is 6.20 Å². The Balaban J connectivity index is 1.62. The van der Waals surface area contributed by atoms with E-state index in [1.807, 2.05) is 0 Å². The van der Waals surface area contributed by atoms with Gasteiger partial charge in [-0.15, -0.1) is 5.10 Å². The molecule has 2 aromatic heterocycles. The van der Waals surface area contributed by atoms with Gasteiger partial charge in [0.05, 0.1) is 24.0 Å². The molecule has 0 radical (unpaired) electrons. The first-order valence-corrected chi connectivity index (χ1v) is 6.30. The molecular formula is C12H14N6O2. The van der Waals surface area contributed by atoms with Crippen LogP contribution in [-0.4, -0.2) is 54.0 Å². The molecule has 2 aromatic rings. The van der Waals surface area contributed by atoms with Crippen LogP contribution in [0.1, 0.15) is 35.2 Å². The minimum Gasteiger partial charge on any atom is -0.476 e. The molecule has 3 heterocycles. The van der Waals surface area contributed by atoms with Gasteiger partial charge in [0, 0.05) is 31.7 Å². The van der Waals surface area contributed by atoms with Crippen LogP contribution >= 0.6 is 0 Å². The van der Waals surface area contributed by atoms with Crippen molar-refractivity contribution < 1.29 is 9.90 Å². The minimum atomic E-state index is -1.06. The van der Waals surface area contributed by atoms with Crippen LogP contribution in [0.4, 0.5) is 0 Å². The van der Waals surface area contributed by atoms with Gasteiger partial charge >= 0.3 is 5.97 Å². The van der Waals surface area contributed by atoms with Crippen molar-refractivity contribution in [3.63, 3.8) is 0 Å². The van der Waals surface area contributed by atoms with Crippen LogP contribution in [0.25, 0.3) is 0 Å². The maximum atomic E-state index is 10.8. The van der Waals surface area contributed by atoms with Crippen LogP contribution in [0.15, 0.2) is 24.8 Å². The monoisotopic (exact) mass is 274 g/mol. The number of carbonyl (C=O) groups is 1. The Kier molecular flexibility index (Phi) is 3.15. The van der Waals surface area contributed by atoms with Gasteiger partial charge in [0.25, 0.3) is 0 Å². The van der Waals surface area contributed by atoms with Crippen molar-refractivity contribution in [1.82, 2.24) is 29.9 Å². The molecule has 104 valence electrons. The van der Waals surface area contributed by atoms with Crippen LogP contribution in [-0.2, 0) is 0 Å². The van der Waals surface area contributed by atoms with Gasteiger partial charge in [-0.1, -0.05) is 5.21 Å². The molecule has 8 nitrogen and oxygen atoms in total. The molecule has 1 atom stereocenters. The van der Waals surface area contributed by atoms with Crippen LogP contribution in [0.3, 0.4) is 0 Å². The van der Waals surface area contributed by atoms with Crippen molar-refractivity contribution in [2.45, 2.75) is 19.0 Å². The maximum absolute atomic E-state index is 10.8. The average molecular weight is 274 g/mol. The van der Waals surface area contributed by atoms with Crippen molar-refractivity contribution in [1.29, 1.82) is 0 Å². The highest BCUT2D eigenvalue weighted by atomic mass is 16.4. The fourth-order valence-electron chi connectivity index (χ4n) is 2.24. The molecule has 8 heteroatoms. The van der Waals surface area contributed by atoms with E-state index >= 15 is 0 Å². The van der Waals surface area contributed by atoms with E-state index in [2.05, 4.69) is 32.1 Å². The Labute approximate surface area is 115 Å². The average Bonchev–Trinajstić information content (AvgIpc) is 2.87. The third-order valence-corrected chi connectivity index (χ3v) is 3.55. The Morgan fingerprint density at radius 2 is 2.25 bits per heavy atom. The molecule has 0 bridgehead atoms. The molecule has 3 rings (SSSR count). The number of hydrogen-bond donors (Lipinski definition) is 1. The highest BCUT2D eigenvalue weighted by Crippen LogP contribution is 2.29. The predicted molar refractivity (Wildman–Crippen MR) is 68.0 cm³/mol. The number of nitrogens with zero attached hydrogens (tertiary/aromatic N) is 6. The van der Waals surface area contributed by atoms with Crippen molar-refractivity contribution in [3.8, 4) is 0 Å². The van der Waals surface area contributed by atoms with Crippen molar-refractivity contribution in [2.75, 3.05) is 13.1 Å². The molecule has 20 heavy (non-hydrogen) atoms. The van der Waals surface area contributed by atoms with E-state index in [0.717, 1.165) is 18.8 Å². The molecule has 0 aliphatic carbocycles. The minimum absolute atomic E-state index is 0.0228. The molecule has 1 N–H and O–H groups in total. The molecule has 1 aliphatic heterocycles. The highest BCUT2D eigenvalue weighted by molar-refractivity contribution is 5.84. The lowest BCUT2D eigenvalue weighted by Crippen LogP contribution is -2.49. The number of carboxylic acid groups (broad SMARTS) is 1. The van der Waals surface area contributed by atoms with Gasteiger partial charge in [-0.2, -0.15) is 0 Å². The van der Waals surface area contributed by atoms with Crippen molar-refractivity contribution in [3.05, 3.63) is 36.2 Å². The molecule has 0 spiro atoms. The largest absolute Gasteiger partial charge is 0.476 e. The highest BCUT2D eigenvalue weighted by Gasteiger charge is 2.33. The third-order valence-electron chi connectivity index (χ3n) is 3.55. The summed E-state index contributed by atoms with van der Waals surface area (Å²) in [6, 6.07) is 0.345. The number of likely N-dealkylation sites (tertiary alicyclic amines) is 1. The second-order valence-electron chi connectivity index (χ2n) is 4.80. The van der Waals surface area contributed by atoms with Crippen LogP contribution in [0.5, 0.6) is 0 Å². The molecular weight excluding hydrogens is 260 g/mol. The normalized spacial score (nSPS) is 17.6. The van der Waals surface area contributed by atoms with Gasteiger partial charge in [-0.05, 0) is 6.92 Å². The van der Waals surface area contributed by atoms with Gasteiger partial charge in [0.1, 0.15) is 0 Å². The fourth-order valence-corrected chi connectivity index (χ4v) is 2.24. The molecule has 0 saturated carbocycles. The lowest BCUT2D eigenvalue weighted by Gasteiger charge is -2.42. The Bertz CT molecular complexity index is 607. The standard InChI is InChI=1S/C12H14N6O2/c1-8(10-4-13-2-3-14-10)17-5-9(6-17)18-7-11(12(19)20)15-16-18/h2-4,7-9H,5-6H2,1H3,(H,19,20). The zero-order chi connectivity index (χ0) is 14.1. The van der Waals surface area contributed by atoms with E-state index < -0.39 is 5.97 Å². The van der Waals surface area contributed by atoms with Gasteiger partial charge in [-0.25, -0.2) is 9.48 Å². The SMILES string of the molecule is CC(c1cnccn1)N1CC(n2cc(C(=O)O)nn2)C1. The Morgan fingerprint density at radius 3 is 2.85 bits per heavy atom. The third kappa shape index (κ3) is 2.25. The summed E-state index contributed by atoms with van der Waals surface area (Å²) in [7, 11) is 0. The zero-order valence-electron chi connectivity index (χ0n) is 10.9. The quantitative estimate of drug-likeness (QED) is 0.860. The van der Waals surface area contributed by atoms with E-state index in [4.69, 9.17) is 5.11 Å². The lowest BCUT2D eigenvalue weighted by molar-refractivity contribution is 0.0567. The van der Waals surface area contributed by atoms with Gasteiger partial charge in [0.2, 0.25) is 0 Å². The summed E-state index contributed by atoms with van der Waals surface area (Å²) in [4.78, 5) is 21.3. The smallest absolute Gasteiger partial charge is 0.358 e. The first-order valence-electron chi connectivity index (χ1n) is 6.30. The second-order valence-corrected chi connectivity index (χ2v) is 4.80. The molecule has 0 aromatic carbocycles.